The van der Waals surface area contributed by atoms with Crippen LogP contribution >= 0.6 is 0 Å². The standard InChI is InChI=1S/C10H16N2O2/c1-7(2)4-10(14)12-5-8(3)11-9(13)6-12/h4,8H,5-6H2,1-3H3,(H,11,13). The van der Waals surface area contributed by atoms with E-state index in [4.69, 9.17) is 0 Å². The Labute approximate surface area is 84.0 Å². The van der Waals surface area contributed by atoms with Gasteiger partial charge >= 0.3 is 0 Å². The number of hydrogen-bond donors (Lipinski definition) is 1. The number of nitrogens with zero attached hydrogens (tertiary/aromatic N) is 1. The van der Waals surface area contributed by atoms with Crippen LogP contribution in [0.25, 0.3) is 0 Å². The van der Waals surface area contributed by atoms with E-state index in [1.54, 1.807) is 11.0 Å². The molecule has 0 saturated carbocycles. The summed E-state index contributed by atoms with van der Waals surface area (Å²) >= 11 is 0. The third kappa shape index (κ3) is 2.87. The highest BCUT2D eigenvalue weighted by Gasteiger charge is 2.23. The van der Waals surface area contributed by atoms with Crippen LogP contribution in [0.3, 0.4) is 0 Å². The minimum atomic E-state index is -0.0840. The average molecular weight is 196 g/mol. The molecule has 1 unspecified atom stereocenters. The first-order valence-electron chi connectivity index (χ1n) is 4.72. The first-order chi connectivity index (χ1) is 6.49. The molecule has 0 spiro atoms. The molecule has 1 atom stereocenters. The summed E-state index contributed by atoms with van der Waals surface area (Å²) in [7, 11) is 0. The van der Waals surface area contributed by atoms with Crippen LogP contribution in [0.5, 0.6) is 0 Å². The molecule has 0 bridgehead atoms. The van der Waals surface area contributed by atoms with Crippen molar-refractivity contribution in [2.45, 2.75) is 26.8 Å². The number of piperazine rings is 1. The van der Waals surface area contributed by atoms with Crippen molar-refractivity contribution in [3.05, 3.63) is 11.6 Å². The molecular formula is C10H16N2O2. The SMILES string of the molecule is CC(C)=CC(=O)N1CC(=O)NC(C)C1. The van der Waals surface area contributed by atoms with Gasteiger partial charge in [-0.3, -0.25) is 9.59 Å². The normalized spacial score (nSPS) is 21.5. The third-order valence-electron chi connectivity index (χ3n) is 1.96. The van der Waals surface area contributed by atoms with Gasteiger partial charge < -0.3 is 10.2 Å². The molecule has 0 aromatic rings. The zero-order valence-electron chi connectivity index (χ0n) is 8.83. The fraction of sp³-hybridized carbons (Fsp3) is 0.600. The first kappa shape index (κ1) is 10.8. The van der Waals surface area contributed by atoms with E-state index in [-0.39, 0.29) is 24.4 Å². The Bertz CT molecular complexity index is 280. The molecule has 0 radical (unpaired) electrons. The number of hydrogen-bond acceptors (Lipinski definition) is 2. The van der Waals surface area contributed by atoms with Crippen molar-refractivity contribution in [3.8, 4) is 0 Å². The lowest BCUT2D eigenvalue weighted by Gasteiger charge is -2.30. The number of rotatable bonds is 1. The molecule has 1 saturated heterocycles. The van der Waals surface area contributed by atoms with Gasteiger partial charge in [-0.2, -0.15) is 0 Å². The number of amides is 2. The van der Waals surface area contributed by atoms with Crippen LogP contribution in [-0.2, 0) is 9.59 Å². The van der Waals surface area contributed by atoms with Crippen LogP contribution in [0, 0.1) is 0 Å². The summed E-state index contributed by atoms with van der Waals surface area (Å²) in [5, 5.41) is 2.76. The van der Waals surface area contributed by atoms with Crippen LogP contribution < -0.4 is 5.32 Å². The molecule has 1 aliphatic rings. The van der Waals surface area contributed by atoms with Crippen molar-refractivity contribution in [3.63, 3.8) is 0 Å². The zero-order valence-corrected chi connectivity index (χ0v) is 8.83. The summed E-state index contributed by atoms with van der Waals surface area (Å²) in [5.41, 5.74) is 0.952. The van der Waals surface area contributed by atoms with Crippen molar-refractivity contribution >= 4 is 11.8 Å². The van der Waals surface area contributed by atoms with Gasteiger partial charge in [-0.05, 0) is 20.8 Å². The third-order valence-corrected chi connectivity index (χ3v) is 1.96. The van der Waals surface area contributed by atoms with Gasteiger partial charge in [0.1, 0.15) is 0 Å². The van der Waals surface area contributed by atoms with Crippen LogP contribution in [0.4, 0.5) is 0 Å². The van der Waals surface area contributed by atoms with E-state index in [0.717, 1.165) is 5.57 Å². The van der Waals surface area contributed by atoms with Gasteiger partial charge in [0.05, 0.1) is 6.54 Å². The van der Waals surface area contributed by atoms with Crippen LogP contribution in [-0.4, -0.2) is 35.8 Å². The predicted molar refractivity (Wildman–Crippen MR) is 53.6 cm³/mol. The van der Waals surface area contributed by atoms with E-state index >= 15 is 0 Å². The van der Waals surface area contributed by atoms with Gasteiger partial charge in [0.25, 0.3) is 0 Å². The van der Waals surface area contributed by atoms with Crippen molar-refractivity contribution in [2.75, 3.05) is 13.1 Å². The van der Waals surface area contributed by atoms with Gasteiger partial charge in [-0.1, -0.05) is 5.57 Å². The quantitative estimate of drug-likeness (QED) is 0.613. The molecular weight excluding hydrogens is 180 g/mol. The summed E-state index contributed by atoms with van der Waals surface area (Å²) in [4.78, 5) is 24.3. The smallest absolute Gasteiger partial charge is 0.247 e. The molecule has 0 aromatic heterocycles. The minimum absolute atomic E-state index is 0.0470. The minimum Gasteiger partial charge on any atom is -0.350 e. The largest absolute Gasteiger partial charge is 0.350 e. The number of carbonyl (C=O) groups excluding carboxylic acids is 2. The van der Waals surface area contributed by atoms with Gasteiger partial charge in [0, 0.05) is 18.7 Å². The van der Waals surface area contributed by atoms with E-state index in [2.05, 4.69) is 5.32 Å². The summed E-state index contributed by atoms with van der Waals surface area (Å²) in [5.74, 6) is -0.161. The van der Waals surface area contributed by atoms with Gasteiger partial charge in [-0.15, -0.1) is 0 Å². The van der Waals surface area contributed by atoms with Crippen LogP contribution in [0.2, 0.25) is 0 Å². The van der Waals surface area contributed by atoms with Crippen LogP contribution in [0.1, 0.15) is 20.8 Å². The maximum Gasteiger partial charge on any atom is 0.247 e. The average Bonchev–Trinajstić information content (AvgIpc) is 2.00. The Morgan fingerprint density at radius 2 is 2.21 bits per heavy atom. The highest BCUT2D eigenvalue weighted by molar-refractivity contribution is 5.92. The van der Waals surface area contributed by atoms with E-state index in [1.807, 2.05) is 20.8 Å². The predicted octanol–water partition coefficient (Wildman–Crippen LogP) is 0.299. The first-order valence-corrected chi connectivity index (χ1v) is 4.72. The number of allylic oxidation sites excluding steroid dienone is 1. The summed E-state index contributed by atoms with van der Waals surface area (Å²) in [6.07, 6.45) is 1.56. The maximum atomic E-state index is 11.6. The van der Waals surface area contributed by atoms with E-state index in [9.17, 15) is 9.59 Å². The molecule has 1 fully saturated rings. The highest BCUT2D eigenvalue weighted by Crippen LogP contribution is 2.02. The lowest BCUT2D eigenvalue weighted by molar-refractivity contribution is -0.136. The number of nitrogens with one attached hydrogen (secondary N) is 1. The highest BCUT2D eigenvalue weighted by atomic mass is 16.2. The molecule has 4 nitrogen and oxygen atoms in total. The Kier molecular flexibility index (Phi) is 3.28. The maximum absolute atomic E-state index is 11.6. The zero-order chi connectivity index (χ0) is 10.7. The Hall–Kier alpha value is -1.32. The van der Waals surface area contributed by atoms with Crippen molar-refractivity contribution in [1.29, 1.82) is 0 Å². The molecule has 4 heteroatoms. The molecule has 1 aliphatic heterocycles. The van der Waals surface area contributed by atoms with E-state index in [0.29, 0.717) is 6.54 Å². The molecule has 0 aromatic carbocycles. The molecule has 2 amide bonds. The fourth-order valence-corrected chi connectivity index (χ4v) is 1.44. The van der Waals surface area contributed by atoms with Crippen molar-refractivity contribution in [1.82, 2.24) is 10.2 Å². The number of carbonyl (C=O) groups is 2. The van der Waals surface area contributed by atoms with E-state index < -0.39 is 0 Å². The van der Waals surface area contributed by atoms with Crippen molar-refractivity contribution in [2.24, 2.45) is 0 Å². The Morgan fingerprint density at radius 3 is 2.71 bits per heavy atom. The van der Waals surface area contributed by atoms with E-state index in [1.165, 1.54) is 0 Å². The van der Waals surface area contributed by atoms with Crippen molar-refractivity contribution < 1.29 is 9.59 Å². The Balaban J connectivity index is 2.64. The molecule has 1 heterocycles. The molecule has 78 valence electrons. The van der Waals surface area contributed by atoms with Gasteiger partial charge in [-0.25, -0.2) is 0 Å². The lowest BCUT2D eigenvalue weighted by atomic mass is 10.2. The molecule has 0 aliphatic carbocycles. The summed E-state index contributed by atoms with van der Waals surface area (Å²) < 4.78 is 0. The fourth-order valence-electron chi connectivity index (χ4n) is 1.44. The lowest BCUT2D eigenvalue weighted by Crippen LogP contribution is -2.54. The topological polar surface area (TPSA) is 49.4 Å². The summed E-state index contributed by atoms with van der Waals surface area (Å²) in [6, 6.07) is 0.0470. The second kappa shape index (κ2) is 4.26. The van der Waals surface area contributed by atoms with Gasteiger partial charge in [0.2, 0.25) is 11.8 Å². The molecule has 1 N–H and O–H groups in total. The second-order valence-corrected chi connectivity index (χ2v) is 3.91. The summed E-state index contributed by atoms with van der Waals surface area (Å²) in [6.45, 7) is 6.39. The van der Waals surface area contributed by atoms with Crippen LogP contribution in [0.15, 0.2) is 11.6 Å². The molecule has 14 heavy (non-hydrogen) atoms. The monoisotopic (exact) mass is 196 g/mol. The second-order valence-electron chi connectivity index (χ2n) is 3.91. The molecule has 1 rings (SSSR count). The Morgan fingerprint density at radius 1 is 1.57 bits per heavy atom. The van der Waals surface area contributed by atoms with Gasteiger partial charge in [0.15, 0.2) is 0 Å².